The van der Waals surface area contributed by atoms with Gasteiger partial charge >= 0.3 is 0 Å². The molecule has 1 saturated heterocycles. The Morgan fingerprint density at radius 1 is 1.50 bits per heavy atom. The number of hydrogen-bond acceptors (Lipinski definition) is 3. The van der Waals surface area contributed by atoms with Gasteiger partial charge in [0.25, 0.3) is 0 Å². The van der Waals surface area contributed by atoms with Gasteiger partial charge in [-0.1, -0.05) is 19.8 Å². The van der Waals surface area contributed by atoms with Crippen LogP contribution in [0.3, 0.4) is 0 Å². The lowest BCUT2D eigenvalue weighted by atomic mass is 10.1. The number of piperazine rings is 1. The summed E-state index contributed by atoms with van der Waals surface area (Å²) >= 11 is 0. The molecule has 3 N–H and O–H groups in total. The van der Waals surface area contributed by atoms with E-state index in [9.17, 15) is 4.79 Å². The van der Waals surface area contributed by atoms with Crippen LogP contribution in [0.4, 0.5) is 0 Å². The van der Waals surface area contributed by atoms with Crippen LogP contribution in [0.5, 0.6) is 0 Å². The van der Waals surface area contributed by atoms with Crippen molar-refractivity contribution in [3.63, 3.8) is 0 Å². The lowest BCUT2D eigenvalue weighted by Crippen LogP contribution is -2.51. The maximum atomic E-state index is 11.8. The summed E-state index contributed by atoms with van der Waals surface area (Å²) in [6, 6.07) is -0.284. The standard InChI is InChI=1S/C10H21N3O/c1-2-3-4-9(11)10(14)13-7-5-12-6-8-13/h9,12H,2-8,11H2,1H3. The molecule has 1 rings (SSSR count). The quantitative estimate of drug-likeness (QED) is 0.666. The highest BCUT2D eigenvalue weighted by molar-refractivity contribution is 5.81. The van der Waals surface area contributed by atoms with Crippen molar-refractivity contribution in [3.05, 3.63) is 0 Å². The van der Waals surface area contributed by atoms with Crippen molar-refractivity contribution in [1.29, 1.82) is 0 Å². The normalized spacial score (nSPS) is 19.4. The maximum absolute atomic E-state index is 11.8. The van der Waals surface area contributed by atoms with Gasteiger partial charge < -0.3 is 16.0 Å². The molecule has 4 nitrogen and oxygen atoms in total. The molecule has 0 radical (unpaired) electrons. The third-order valence-corrected chi connectivity index (χ3v) is 2.61. The fourth-order valence-corrected chi connectivity index (χ4v) is 1.67. The van der Waals surface area contributed by atoms with Crippen LogP contribution < -0.4 is 11.1 Å². The molecule has 0 aromatic heterocycles. The van der Waals surface area contributed by atoms with Gasteiger partial charge in [0.2, 0.25) is 5.91 Å². The van der Waals surface area contributed by atoms with E-state index in [1.807, 2.05) is 4.90 Å². The molecule has 0 aromatic rings. The van der Waals surface area contributed by atoms with E-state index in [2.05, 4.69) is 12.2 Å². The Balaban J connectivity index is 2.30. The van der Waals surface area contributed by atoms with E-state index >= 15 is 0 Å². The first kappa shape index (κ1) is 11.5. The molecule has 1 fully saturated rings. The fourth-order valence-electron chi connectivity index (χ4n) is 1.67. The maximum Gasteiger partial charge on any atom is 0.239 e. The molecule has 1 unspecified atom stereocenters. The predicted molar refractivity (Wildman–Crippen MR) is 57.0 cm³/mol. The van der Waals surface area contributed by atoms with Gasteiger partial charge in [0.05, 0.1) is 6.04 Å². The number of rotatable bonds is 4. The molecule has 4 heteroatoms. The third-order valence-electron chi connectivity index (χ3n) is 2.61. The number of nitrogens with one attached hydrogen (secondary N) is 1. The van der Waals surface area contributed by atoms with E-state index in [1.54, 1.807) is 0 Å². The molecule has 1 aliphatic heterocycles. The minimum Gasteiger partial charge on any atom is -0.339 e. The molecule has 1 amide bonds. The average molecular weight is 199 g/mol. The molecule has 0 aliphatic carbocycles. The highest BCUT2D eigenvalue weighted by Gasteiger charge is 2.21. The van der Waals surface area contributed by atoms with Crippen LogP contribution in [-0.2, 0) is 4.79 Å². The van der Waals surface area contributed by atoms with Crippen LogP contribution in [-0.4, -0.2) is 43.0 Å². The first-order valence-electron chi connectivity index (χ1n) is 5.50. The molecule has 82 valence electrons. The predicted octanol–water partition coefficient (Wildman–Crippen LogP) is -0.0643. The Bertz CT molecular complexity index is 178. The van der Waals surface area contributed by atoms with Crippen LogP contribution in [0.1, 0.15) is 26.2 Å². The van der Waals surface area contributed by atoms with Crippen LogP contribution >= 0.6 is 0 Å². The third kappa shape index (κ3) is 3.27. The van der Waals surface area contributed by atoms with Gasteiger partial charge in [0.15, 0.2) is 0 Å². The monoisotopic (exact) mass is 199 g/mol. The summed E-state index contributed by atoms with van der Waals surface area (Å²) in [7, 11) is 0. The summed E-state index contributed by atoms with van der Waals surface area (Å²) in [6.07, 6.45) is 2.96. The molecular weight excluding hydrogens is 178 g/mol. The van der Waals surface area contributed by atoms with Crippen LogP contribution in [0.25, 0.3) is 0 Å². The Morgan fingerprint density at radius 2 is 2.14 bits per heavy atom. The van der Waals surface area contributed by atoms with Gasteiger partial charge in [-0.2, -0.15) is 0 Å². The van der Waals surface area contributed by atoms with Crippen molar-refractivity contribution < 1.29 is 4.79 Å². The highest BCUT2D eigenvalue weighted by Crippen LogP contribution is 2.03. The van der Waals surface area contributed by atoms with Gasteiger partial charge in [-0.05, 0) is 6.42 Å². The van der Waals surface area contributed by atoms with Crippen LogP contribution in [0, 0.1) is 0 Å². The number of unbranched alkanes of at least 4 members (excludes halogenated alkanes) is 1. The first-order valence-corrected chi connectivity index (χ1v) is 5.50. The summed E-state index contributed by atoms with van der Waals surface area (Å²) in [4.78, 5) is 13.6. The molecular formula is C10H21N3O. The number of nitrogens with two attached hydrogens (primary N) is 1. The largest absolute Gasteiger partial charge is 0.339 e. The number of carbonyl (C=O) groups is 1. The Labute approximate surface area is 85.8 Å². The molecule has 1 atom stereocenters. The van der Waals surface area contributed by atoms with Crippen molar-refractivity contribution >= 4 is 5.91 Å². The fraction of sp³-hybridized carbons (Fsp3) is 0.900. The van der Waals surface area contributed by atoms with E-state index in [4.69, 9.17) is 5.73 Å². The first-order chi connectivity index (χ1) is 6.75. The molecule has 14 heavy (non-hydrogen) atoms. The minimum atomic E-state index is -0.284. The van der Waals surface area contributed by atoms with E-state index in [-0.39, 0.29) is 11.9 Å². The topological polar surface area (TPSA) is 58.4 Å². The zero-order valence-electron chi connectivity index (χ0n) is 8.96. The van der Waals surface area contributed by atoms with Crippen molar-refractivity contribution in [2.75, 3.05) is 26.2 Å². The van der Waals surface area contributed by atoms with Crippen LogP contribution in [0.2, 0.25) is 0 Å². The highest BCUT2D eigenvalue weighted by atomic mass is 16.2. The zero-order valence-corrected chi connectivity index (χ0v) is 8.96. The van der Waals surface area contributed by atoms with E-state index in [1.165, 1.54) is 0 Å². The average Bonchev–Trinajstić information content (AvgIpc) is 2.26. The van der Waals surface area contributed by atoms with Gasteiger partial charge in [0, 0.05) is 26.2 Å². The smallest absolute Gasteiger partial charge is 0.239 e. The van der Waals surface area contributed by atoms with Crippen molar-refractivity contribution in [3.8, 4) is 0 Å². The Hall–Kier alpha value is -0.610. The lowest BCUT2D eigenvalue weighted by molar-refractivity contribution is -0.133. The molecule has 1 heterocycles. The number of carbonyl (C=O) groups excluding carboxylic acids is 1. The van der Waals surface area contributed by atoms with Gasteiger partial charge in [0.1, 0.15) is 0 Å². The second-order valence-corrected chi connectivity index (χ2v) is 3.82. The summed E-state index contributed by atoms with van der Waals surface area (Å²) < 4.78 is 0. The number of hydrogen-bond donors (Lipinski definition) is 2. The molecule has 0 spiro atoms. The number of amides is 1. The summed E-state index contributed by atoms with van der Waals surface area (Å²) in [6.45, 7) is 5.51. The molecule has 0 saturated carbocycles. The summed E-state index contributed by atoms with van der Waals surface area (Å²) in [5.41, 5.74) is 5.82. The van der Waals surface area contributed by atoms with Gasteiger partial charge in [-0.25, -0.2) is 0 Å². The summed E-state index contributed by atoms with van der Waals surface area (Å²) in [5, 5.41) is 3.22. The van der Waals surface area contributed by atoms with E-state index in [0.717, 1.165) is 45.4 Å². The van der Waals surface area contributed by atoms with Gasteiger partial charge in [-0.3, -0.25) is 4.79 Å². The number of nitrogens with zero attached hydrogens (tertiary/aromatic N) is 1. The Kier molecular flexibility index (Phi) is 4.90. The molecule has 0 bridgehead atoms. The molecule has 1 aliphatic rings. The summed E-state index contributed by atoms with van der Waals surface area (Å²) in [5.74, 6) is 0.125. The second-order valence-electron chi connectivity index (χ2n) is 3.82. The minimum absolute atomic E-state index is 0.125. The van der Waals surface area contributed by atoms with Crippen molar-refractivity contribution in [1.82, 2.24) is 10.2 Å². The molecule has 0 aromatic carbocycles. The van der Waals surface area contributed by atoms with Crippen molar-refractivity contribution in [2.24, 2.45) is 5.73 Å². The second kappa shape index (κ2) is 5.98. The van der Waals surface area contributed by atoms with Gasteiger partial charge in [-0.15, -0.1) is 0 Å². The van der Waals surface area contributed by atoms with Crippen LogP contribution in [0.15, 0.2) is 0 Å². The zero-order chi connectivity index (χ0) is 10.4. The Morgan fingerprint density at radius 3 is 2.71 bits per heavy atom. The van der Waals surface area contributed by atoms with Crippen molar-refractivity contribution in [2.45, 2.75) is 32.2 Å². The lowest BCUT2D eigenvalue weighted by Gasteiger charge is -2.29. The van der Waals surface area contributed by atoms with E-state index in [0.29, 0.717) is 0 Å². The SMILES string of the molecule is CCCCC(N)C(=O)N1CCNCC1. The van der Waals surface area contributed by atoms with E-state index < -0.39 is 0 Å².